The molecule has 1 aliphatic rings. The van der Waals surface area contributed by atoms with Gasteiger partial charge in [0.1, 0.15) is 72.2 Å². The van der Waals surface area contributed by atoms with E-state index in [2.05, 4.69) is 78.8 Å². The van der Waals surface area contributed by atoms with E-state index in [1.165, 1.54) is 36.8 Å². The zero-order valence-corrected chi connectivity index (χ0v) is 66.4. The van der Waals surface area contributed by atoms with Crippen LogP contribution in [0.4, 0.5) is 0 Å². The largest absolute Gasteiger partial charge is 0.508 e. The number of hydrogen-bond acceptors (Lipinski definition) is 20. The normalized spacial score (nSPS) is 18.9. The van der Waals surface area contributed by atoms with Crippen molar-refractivity contribution in [3.63, 3.8) is 0 Å². The highest BCUT2D eigenvalue weighted by molar-refractivity contribution is 8.76. The van der Waals surface area contributed by atoms with E-state index in [9.17, 15) is 72.9 Å². The molecule has 5 aromatic rings. The standard InChI is InChI=1S/C77H109N17O17S2/c1-9-43(7)64(76(109)94-65(44(8)10-2)75(108)89-58(77(110)111)33-47-35-81-52-22-15-14-20-50(47)52)92-61(96)37-82-67(100)54(30-41(3)4)85-71(104)57(34-48-36-80-40-83-48)87-72(105)59-38-112-113-39-60(90-68(101)53(27-28-62(97)98)84-66(99)51(79)21-16-17-29-78)73(106)93-63(42(5)6)74(107)88-56(32-46-23-25-49(95)26-24-46)69(102)86-55(70(103)91-59)31-45-18-12-11-13-19-45/h11-15,18-20,22-26,35-36,40-44,51,53-60,63-65,81,95H,9-10,16-17,21,27-34,37-39,78-79H2,1-8H3,(H,80,83)(H,82,100)(H,84,99)(H,85,104)(H,86,102)(H,87,105)(H,88,107)(H,89,108)(H,90,101)(H,91,103)(H,92,96)(H,93,106)(H,94,109)(H,97,98)(H,110,111)/t43-,44-,51+,53-,54-,55-,56-,57-,58-,59-,60-,63-,64-,65-/m0/s1. The molecule has 1 aliphatic heterocycles. The maximum atomic E-state index is 15.2. The summed E-state index contributed by atoms with van der Waals surface area (Å²) < 4.78 is 0. The van der Waals surface area contributed by atoms with Crippen molar-refractivity contribution < 1.29 is 82.4 Å². The van der Waals surface area contributed by atoms with Gasteiger partial charge >= 0.3 is 11.9 Å². The van der Waals surface area contributed by atoms with Gasteiger partial charge in [0.15, 0.2) is 0 Å². The van der Waals surface area contributed by atoms with E-state index in [0.29, 0.717) is 48.9 Å². The third-order valence-electron chi connectivity index (χ3n) is 19.3. The molecule has 0 radical (unpaired) electrons. The first-order valence-corrected chi connectivity index (χ1v) is 40.4. The molecule has 21 N–H and O–H groups in total. The van der Waals surface area contributed by atoms with Gasteiger partial charge in [-0.05, 0) is 90.8 Å². The van der Waals surface area contributed by atoms with Crippen LogP contribution in [-0.2, 0) is 92.8 Å². The van der Waals surface area contributed by atoms with Crippen molar-refractivity contribution in [1.29, 1.82) is 0 Å². The summed E-state index contributed by atoms with van der Waals surface area (Å²) in [6.45, 7) is 13.3. The van der Waals surface area contributed by atoms with E-state index in [4.69, 9.17) is 11.5 Å². The second kappa shape index (κ2) is 45.8. The Hall–Kier alpha value is -10.6. The van der Waals surface area contributed by atoms with Crippen molar-refractivity contribution in [3.8, 4) is 5.75 Å². The number of phenolic OH excluding ortho intramolecular Hbond substituents is 1. The molecule has 6 rings (SSSR count). The zero-order chi connectivity index (χ0) is 83.0. The number of aromatic amines is 2. The molecule has 34 nitrogen and oxygen atoms in total. The summed E-state index contributed by atoms with van der Waals surface area (Å²) in [5.74, 6) is -16.1. The number of aromatic hydroxyl groups is 1. The van der Waals surface area contributed by atoms with Crippen LogP contribution in [-0.4, -0.2) is 210 Å². The highest BCUT2D eigenvalue weighted by Crippen LogP contribution is 2.26. The van der Waals surface area contributed by atoms with Gasteiger partial charge in [0.25, 0.3) is 0 Å². The number of hydrogen-bond donors (Lipinski definition) is 19. The van der Waals surface area contributed by atoms with E-state index in [1.54, 1.807) is 98.0 Å². The number of nitrogens with one attached hydrogen (secondary N) is 14. The molecule has 1 fully saturated rings. The molecule has 0 aliphatic carbocycles. The number of aromatic nitrogens is 3. The predicted molar refractivity (Wildman–Crippen MR) is 424 cm³/mol. The van der Waals surface area contributed by atoms with E-state index in [-0.39, 0.29) is 67.4 Å². The number of nitrogens with two attached hydrogens (primary N) is 2. The molecule has 2 aromatic heterocycles. The number of aliphatic carboxylic acids is 2. The van der Waals surface area contributed by atoms with E-state index in [0.717, 1.165) is 32.5 Å². The Labute approximate surface area is 663 Å². The quantitative estimate of drug-likeness (QED) is 0.0192. The molecule has 0 saturated carbocycles. The van der Waals surface area contributed by atoms with Crippen molar-refractivity contribution >= 4 is 115 Å². The van der Waals surface area contributed by atoms with Gasteiger partial charge in [-0.3, -0.25) is 62.3 Å². The number of amides is 12. The van der Waals surface area contributed by atoms with Gasteiger partial charge in [-0.15, -0.1) is 0 Å². The molecular formula is C77H109N17O17S2. The highest BCUT2D eigenvalue weighted by Gasteiger charge is 2.39. The number of carbonyl (C=O) groups excluding carboxylic acids is 12. The number of carboxylic acid groups (broad SMARTS) is 2. The van der Waals surface area contributed by atoms with Gasteiger partial charge in [0, 0.05) is 66.9 Å². The second-order valence-corrected chi connectivity index (χ2v) is 31.5. The van der Waals surface area contributed by atoms with Gasteiger partial charge < -0.3 is 101 Å². The number of fused-ring (bicyclic) bond motifs is 1. The number of unbranched alkanes of at least 4 members (excludes halogenated alkanes) is 1. The average Bonchev–Trinajstić information content (AvgIpc) is 1.76. The number of carboxylic acids is 2. The fourth-order valence-electron chi connectivity index (χ4n) is 12.3. The van der Waals surface area contributed by atoms with Crippen molar-refractivity contribution in [2.24, 2.45) is 35.1 Å². The van der Waals surface area contributed by atoms with Crippen LogP contribution in [0.1, 0.15) is 129 Å². The lowest BCUT2D eigenvalue weighted by Crippen LogP contribution is -2.62. The van der Waals surface area contributed by atoms with Crippen LogP contribution in [0.5, 0.6) is 5.75 Å². The van der Waals surface area contributed by atoms with Gasteiger partial charge in [-0.2, -0.15) is 0 Å². The van der Waals surface area contributed by atoms with E-state index >= 15 is 9.59 Å². The molecule has 3 aromatic carbocycles. The summed E-state index contributed by atoms with van der Waals surface area (Å²) in [5.41, 5.74) is 14.5. The van der Waals surface area contributed by atoms with Crippen molar-refractivity contribution in [2.75, 3.05) is 24.6 Å². The smallest absolute Gasteiger partial charge is 0.326 e. The van der Waals surface area contributed by atoms with Crippen LogP contribution in [0, 0.1) is 23.7 Å². The fourth-order valence-corrected chi connectivity index (χ4v) is 14.6. The minimum absolute atomic E-state index is 0.0245. The molecule has 12 amide bonds. The summed E-state index contributed by atoms with van der Waals surface area (Å²) in [6, 6.07) is 4.33. The van der Waals surface area contributed by atoms with Crippen molar-refractivity contribution in [2.45, 2.75) is 205 Å². The monoisotopic (exact) mass is 1610 g/mol. The Morgan fingerprint density at radius 1 is 0.593 bits per heavy atom. The Morgan fingerprint density at radius 2 is 1.19 bits per heavy atom. The molecule has 3 heterocycles. The van der Waals surface area contributed by atoms with Crippen LogP contribution >= 0.6 is 21.6 Å². The molecule has 616 valence electrons. The highest BCUT2D eigenvalue weighted by atomic mass is 33.1. The third kappa shape index (κ3) is 29.5. The predicted octanol–water partition coefficient (Wildman–Crippen LogP) is 0.911. The topological polar surface area (TPSA) is 541 Å². The average molecular weight is 1610 g/mol. The van der Waals surface area contributed by atoms with Crippen molar-refractivity contribution in [1.82, 2.24) is 78.8 Å². The van der Waals surface area contributed by atoms with Crippen LogP contribution in [0.25, 0.3) is 10.9 Å². The number of phenols is 1. The SMILES string of the molecule is CC[C@H](C)[C@H](NC(=O)CNC(=O)[C@H](CC(C)C)NC(=O)[C@H](Cc1c[nH]cn1)NC(=O)[C@@H]1CSSC[C@H](NC(=O)[C@H](CCC(=O)O)NC(=O)[C@H](N)CCCCN)C(=O)N[C@@H](C(C)C)C(=O)N[C@@H](Cc2ccc(O)cc2)C(=O)N[C@@H](Cc2ccccc2)C(=O)N1)C(=O)N[C@H](C(=O)N[C@@H](Cc1c[nH]c2ccccc12)C(=O)O)[C@@H](C)CC. The Kier molecular flexibility index (Phi) is 37.0. The van der Waals surface area contributed by atoms with Crippen LogP contribution in [0.3, 0.4) is 0 Å². The lowest BCUT2D eigenvalue weighted by molar-refractivity contribution is -0.142. The summed E-state index contributed by atoms with van der Waals surface area (Å²) >= 11 is 0. The molecule has 0 unspecified atom stereocenters. The molecule has 14 atom stereocenters. The van der Waals surface area contributed by atoms with Gasteiger partial charge in [0.2, 0.25) is 70.9 Å². The minimum atomic E-state index is -1.64. The van der Waals surface area contributed by atoms with E-state index < -0.39 is 192 Å². The molecule has 113 heavy (non-hydrogen) atoms. The maximum absolute atomic E-state index is 15.2. The molecule has 0 bridgehead atoms. The van der Waals surface area contributed by atoms with Crippen molar-refractivity contribution in [3.05, 3.63) is 120 Å². The number of imidazole rings is 1. The summed E-state index contributed by atoms with van der Waals surface area (Å²) in [4.78, 5) is 209. The second-order valence-electron chi connectivity index (χ2n) is 29.0. The molecule has 1 saturated heterocycles. The fraction of sp³-hybridized carbons (Fsp3) is 0.519. The van der Waals surface area contributed by atoms with Crippen LogP contribution < -0.4 is 75.3 Å². The van der Waals surface area contributed by atoms with Crippen LogP contribution in [0.15, 0.2) is 97.6 Å². The molecular weight excluding hydrogens is 1500 g/mol. The number of benzene rings is 3. The Bertz CT molecular complexity index is 4040. The Balaban J connectivity index is 1.28. The number of rotatable bonds is 39. The maximum Gasteiger partial charge on any atom is 0.326 e. The Morgan fingerprint density at radius 3 is 1.81 bits per heavy atom. The number of nitrogens with zero attached hydrogens (tertiary/aromatic N) is 1. The number of carbonyl (C=O) groups is 14. The first kappa shape index (κ1) is 91.3. The van der Waals surface area contributed by atoms with Gasteiger partial charge in [0.05, 0.1) is 24.6 Å². The molecule has 36 heteroatoms. The summed E-state index contributed by atoms with van der Waals surface area (Å²) in [6.07, 6.45) is 4.46. The minimum Gasteiger partial charge on any atom is -0.508 e. The first-order chi connectivity index (χ1) is 53.8. The lowest BCUT2D eigenvalue weighted by atomic mass is 9.94. The molecule has 0 spiro atoms. The third-order valence-corrected chi connectivity index (χ3v) is 21.7. The summed E-state index contributed by atoms with van der Waals surface area (Å²) in [7, 11) is 1.81. The van der Waals surface area contributed by atoms with Gasteiger partial charge in [-0.1, -0.05) is 157 Å². The van der Waals surface area contributed by atoms with E-state index in [1.807, 2.05) is 18.2 Å². The summed E-state index contributed by atoms with van der Waals surface area (Å²) in [5, 5.41) is 62.9. The first-order valence-electron chi connectivity index (χ1n) is 37.9. The lowest BCUT2D eigenvalue weighted by Gasteiger charge is -2.29. The van der Waals surface area contributed by atoms with Gasteiger partial charge in [-0.25, -0.2) is 9.78 Å². The number of H-pyrrole nitrogens is 2. The zero-order valence-electron chi connectivity index (χ0n) is 64.8. The number of para-hydroxylation sites is 1. The van der Waals surface area contributed by atoms with Crippen LogP contribution in [0.2, 0.25) is 0 Å².